The lowest BCUT2D eigenvalue weighted by atomic mass is 9.93. The minimum atomic E-state index is -2.72. The molecule has 0 aromatic rings. The molecule has 1 unspecified atom stereocenters. The van der Waals surface area contributed by atoms with Gasteiger partial charge in [-0.05, 0) is 45.1 Å². The summed E-state index contributed by atoms with van der Waals surface area (Å²) in [7, 11) is 0. The third kappa shape index (κ3) is 3.11. The molecule has 0 amide bonds. The van der Waals surface area contributed by atoms with E-state index in [2.05, 4.69) is 0 Å². The van der Waals surface area contributed by atoms with Crippen LogP contribution < -0.4 is 0 Å². The molecule has 1 rings (SSSR count). The number of hydrogen-bond donors (Lipinski definition) is 1. The Morgan fingerprint density at radius 2 is 2.07 bits per heavy atom. The number of rotatable bonds is 3. The number of nitrogens with one attached hydrogen (secondary N) is 1. The molecular weight excluding hydrogens is 196 g/mol. The van der Waals surface area contributed by atoms with Gasteiger partial charge in [0.1, 0.15) is 0 Å². The zero-order chi connectivity index (χ0) is 11.6. The van der Waals surface area contributed by atoms with E-state index in [1.165, 1.54) is 6.92 Å². The molecule has 0 aromatic carbocycles. The van der Waals surface area contributed by atoms with E-state index < -0.39 is 5.92 Å². The molecular formula is C12H19F2N. The Labute approximate surface area is 90.1 Å². The van der Waals surface area contributed by atoms with Gasteiger partial charge in [-0.2, -0.15) is 0 Å². The lowest BCUT2D eigenvalue weighted by Crippen LogP contribution is -2.15. The lowest BCUT2D eigenvalue weighted by molar-refractivity contribution is 0.0620. The minimum Gasteiger partial charge on any atom is -0.309 e. The van der Waals surface area contributed by atoms with Crippen LogP contribution in [-0.4, -0.2) is 11.6 Å². The average Bonchev–Trinajstić information content (AvgIpc) is 2.49. The summed E-state index contributed by atoms with van der Waals surface area (Å²) in [5, 5.41) is 7.69. The fourth-order valence-corrected chi connectivity index (χ4v) is 2.04. The number of hydrogen-bond acceptors (Lipinski definition) is 1. The summed E-state index contributed by atoms with van der Waals surface area (Å²) < 4.78 is 26.1. The van der Waals surface area contributed by atoms with Gasteiger partial charge in [-0.3, -0.25) is 0 Å². The normalized spacial score (nSPS) is 24.3. The van der Waals surface area contributed by atoms with Crippen LogP contribution >= 0.6 is 0 Å². The molecule has 1 nitrogen and oxygen atoms in total. The molecule has 1 atom stereocenters. The van der Waals surface area contributed by atoms with E-state index in [-0.39, 0.29) is 11.5 Å². The molecule has 0 bridgehead atoms. The van der Waals surface area contributed by atoms with Crippen LogP contribution in [0.5, 0.6) is 0 Å². The minimum absolute atomic E-state index is 0.169. The van der Waals surface area contributed by atoms with E-state index in [1.54, 1.807) is 6.92 Å². The molecule has 86 valence electrons. The molecule has 1 N–H and O–H groups in total. The maximum Gasteiger partial charge on any atom is 0.266 e. The molecule has 0 radical (unpaired) electrons. The van der Waals surface area contributed by atoms with Gasteiger partial charge in [-0.25, -0.2) is 8.78 Å². The van der Waals surface area contributed by atoms with Crippen molar-refractivity contribution in [2.45, 2.75) is 52.4 Å². The van der Waals surface area contributed by atoms with Gasteiger partial charge in [0.15, 0.2) is 0 Å². The second-order valence-electron chi connectivity index (χ2n) is 4.61. The Morgan fingerprint density at radius 3 is 2.47 bits per heavy atom. The van der Waals surface area contributed by atoms with Gasteiger partial charge in [-0.15, -0.1) is 0 Å². The third-order valence-electron chi connectivity index (χ3n) is 3.34. The molecule has 0 aliphatic heterocycles. The van der Waals surface area contributed by atoms with Gasteiger partial charge in [0.05, 0.1) is 0 Å². The average molecular weight is 215 g/mol. The largest absolute Gasteiger partial charge is 0.309 e. The van der Waals surface area contributed by atoms with Gasteiger partial charge in [0.25, 0.3) is 5.92 Å². The van der Waals surface area contributed by atoms with Gasteiger partial charge in [0.2, 0.25) is 0 Å². The van der Waals surface area contributed by atoms with Crippen LogP contribution in [-0.2, 0) is 0 Å². The van der Waals surface area contributed by atoms with Crippen LogP contribution in [0.4, 0.5) is 8.78 Å². The van der Waals surface area contributed by atoms with E-state index in [1.807, 2.05) is 0 Å². The molecule has 0 heterocycles. The first-order valence-corrected chi connectivity index (χ1v) is 5.44. The molecule has 0 spiro atoms. The smallest absolute Gasteiger partial charge is 0.266 e. The summed E-state index contributed by atoms with van der Waals surface area (Å²) in [4.78, 5) is 0. The zero-order valence-electron chi connectivity index (χ0n) is 9.66. The van der Waals surface area contributed by atoms with Crippen LogP contribution in [0.3, 0.4) is 0 Å². The monoisotopic (exact) mass is 215 g/mol. The Kier molecular flexibility index (Phi) is 3.63. The number of alkyl halides is 2. The molecule has 1 aliphatic carbocycles. The van der Waals surface area contributed by atoms with Crippen molar-refractivity contribution in [1.82, 2.24) is 0 Å². The molecule has 0 aromatic heterocycles. The first-order chi connectivity index (χ1) is 6.82. The topological polar surface area (TPSA) is 23.9 Å². The van der Waals surface area contributed by atoms with Gasteiger partial charge in [0, 0.05) is 18.6 Å². The second kappa shape index (κ2) is 4.42. The molecule has 1 aliphatic rings. The fourth-order valence-electron chi connectivity index (χ4n) is 2.04. The second-order valence-corrected chi connectivity index (χ2v) is 4.61. The maximum absolute atomic E-state index is 13.0. The Balaban J connectivity index is 2.69. The highest BCUT2D eigenvalue weighted by Gasteiger charge is 2.28. The van der Waals surface area contributed by atoms with E-state index >= 15 is 0 Å². The standard InChI is InChI=1S/C12H19F2N/c1-8(9(2)12(3,13)14)7-10-5-4-6-11(10)15/h10,15H,4-7H2,1-3H3/b9-8+,15-11?. The summed E-state index contributed by atoms with van der Waals surface area (Å²) in [6, 6.07) is 0. The van der Waals surface area contributed by atoms with Crippen LogP contribution in [0, 0.1) is 11.3 Å². The summed E-state index contributed by atoms with van der Waals surface area (Å²) in [5.41, 5.74) is 1.66. The van der Waals surface area contributed by atoms with Gasteiger partial charge < -0.3 is 5.41 Å². The Morgan fingerprint density at radius 1 is 1.47 bits per heavy atom. The molecule has 1 saturated carbocycles. The quantitative estimate of drug-likeness (QED) is 0.683. The van der Waals surface area contributed by atoms with Crippen molar-refractivity contribution in [2.75, 3.05) is 0 Å². The van der Waals surface area contributed by atoms with E-state index in [9.17, 15) is 8.78 Å². The Bertz CT molecular complexity index is 286. The third-order valence-corrected chi connectivity index (χ3v) is 3.34. The van der Waals surface area contributed by atoms with Crippen LogP contribution in [0.1, 0.15) is 46.5 Å². The highest BCUT2D eigenvalue weighted by molar-refractivity contribution is 5.85. The van der Waals surface area contributed by atoms with E-state index in [0.717, 1.165) is 37.5 Å². The number of allylic oxidation sites excluding steroid dienone is 2. The zero-order valence-corrected chi connectivity index (χ0v) is 9.66. The predicted molar refractivity (Wildman–Crippen MR) is 58.7 cm³/mol. The van der Waals surface area contributed by atoms with Crippen molar-refractivity contribution in [3.63, 3.8) is 0 Å². The highest BCUT2D eigenvalue weighted by atomic mass is 19.3. The van der Waals surface area contributed by atoms with E-state index in [0.29, 0.717) is 6.42 Å². The van der Waals surface area contributed by atoms with Crippen molar-refractivity contribution < 1.29 is 8.78 Å². The number of halogens is 2. The Hall–Kier alpha value is -0.730. The first kappa shape index (κ1) is 12.3. The first-order valence-electron chi connectivity index (χ1n) is 5.44. The molecule has 3 heteroatoms. The SMILES string of the molecule is C/C(CC1CCCC1=N)=C(/C)C(C)(F)F. The van der Waals surface area contributed by atoms with Crippen molar-refractivity contribution in [1.29, 1.82) is 5.41 Å². The lowest BCUT2D eigenvalue weighted by Gasteiger charge is -2.17. The summed E-state index contributed by atoms with van der Waals surface area (Å²) in [5.74, 6) is -2.51. The molecule has 0 saturated heterocycles. The molecule has 1 fully saturated rings. The van der Waals surface area contributed by atoms with Crippen LogP contribution in [0.15, 0.2) is 11.1 Å². The molecule has 15 heavy (non-hydrogen) atoms. The summed E-state index contributed by atoms with van der Waals surface area (Å²) in [6.07, 6.45) is 3.50. The van der Waals surface area contributed by atoms with Gasteiger partial charge in [-0.1, -0.05) is 5.57 Å². The van der Waals surface area contributed by atoms with Crippen molar-refractivity contribution in [3.8, 4) is 0 Å². The van der Waals surface area contributed by atoms with Gasteiger partial charge >= 0.3 is 0 Å². The van der Waals surface area contributed by atoms with Crippen LogP contribution in [0.2, 0.25) is 0 Å². The highest BCUT2D eigenvalue weighted by Crippen LogP contribution is 2.32. The van der Waals surface area contributed by atoms with Crippen LogP contribution in [0.25, 0.3) is 0 Å². The summed E-state index contributed by atoms with van der Waals surface area (Å²) in [6.45, 7) is 4.19. The van der Waals surface area contributed by atoms with E-state index in [4.69, 9.17) is 5.41 Å². The van der Waals surface area contributed by atoms with Crippen molar-refractivity contribution in [3.05, 3.63) is 11.1 Å². The van der Waals surface area contributed by atoms with Crippen molar-refractivity contribution in [2.24, 2.45) is 5.92 Å². The van der Waals surface area contributed by atoms with Crippen molar-refractivity contribution >= 4 is 5.71 Å². The summed E-state index contributed by atoms with van der Waals surface area (Å²) >= 11 is 0. The predicted octanol–water partition coefficient (Wildman–Crippen LogP) is 4.19. The maximum atomic E-state index is 13.0. The fraction of sp³-hybridized carbons (Fsp3) is 0.750.